The van der Waals surface area contributed by atoms with Crippen LogP contribution in [0.5, 0.6) is 5.75 Å². The Hall–Kier alpha value is -6.19. The molecule has 8 aromatic carbocycles. The van der Waals surface area contributed by atoms with Gasteiger partial charge in [-0.1, -0.05) is 138 Å². The summed E-state index contributed by atoms with van der Waals surface area (Å²) in [5, 5.41) is 16.3. The molecule has 9 aromatic rings. The minimum atomic E-state index is 0.360. The van der Waals surface area contributed by atoms with E-state index < -0.39 is 0 Å². The molecule has 0 unspecified atom stereocenters. The average molecular weight is 662 g/mol. The molecule has 0 saturated heterocycles. The Morgan fingerprint density at radius 3 is 1.65 bits per heavy atom. The first kappa shape index (κ1) is 31.8. The lowest BCUT2D eigenvalue weighted by Gasteiger charge is -2.21. The van der Waals surface area contributed by atoms with E-state index >= 15 is 0 Å². The summed E-state index contributed by atoms with van der Waals surface area (Å²) in [4.78, 5) is 5.12. The van der Waals surface area contributed by atoms with Gasteiger partial charge in [-0.05, 0) is 79.7 Å². The highest BCUT2D eigenvalue weighted by molar-refractivity contribution is 6.64. The minimum absolute atomic E-state index is 0.360. The van der Waals surface area contributed by atoms with Crippen molar-refractivity contribution in [3.8, 4) is 56.2 Å². The number of phenols is 1. The van der Waals surface area contributed by atoms with Gasteiger partial charge >= 0.3 is 0 Å². The summed E-state index contributed by atoms with van der Waals surface area (Å²) < 4.78 is 2.25. The standard InChI is InChI=1S/C45H34B4N2O/c46-40-39(44(52)43(49)42(48)41(40)47)29-23-24-33-34(25-29)38(26-11-3-1-4-12-26)32-16-8-7-15-31(32)37(33)27-19-21-28(22-20-27)45-50-35-17-9-10-18-36(35)51(45)30-13-5-2-6-14-30/h1-25,52H,46-49H2. The maximum absolute atomic E-state index is 11.6. The van der Waals surface area contributed by atoms with Crippen molar-refractivity contribution in [1.82, 2.24) is 9.55 Å². The van der Waals surface area contributed by atoms with Crippen LogP contribution in [0.15, 0.2) is 152 Å². The Morgan fingerprint density at radius 2 is 0.942 bits per heavy atom. The number of phenolic OH excluding ortho intramolecular Hbond substituents is 1. The van der Waals surface area contributed by atoms with Crippen LogP contribution < -0.4 is 21.9 Å². The zero-order valence-electron chi connectivity index (χ0n) is 29.8. The van der Waals surface area contributed by atoms with Crippen molar-refractivity contribution < 1.29 is 5.11 Å². The second-order valence-electron chi connectivity index (χ2n) is 13.8. The number of aromatic nitrogens is 2. The summed E-state index contributed by atoms with van der Waals surface area (Å²) in [6, 6.07) is 53.8. The highest BCUT2D eigenvalue weighted by Crippen LogP contribution is 2.45. The van der Waals surface area contributed by atoms with Crippen LogP contribution in [0.25, 0.3) is 83.0 Å². The Bertz CT molecular complexity index is 2800. The van der Waals surface area contributed by atoms with Gasteiger partial charge in [0.05, 0.1) is 11.0 Å². The van der Waals surface area contributed by atoms with Crippen molar-refractivity contribution in [3.05, 3.63) is 152 Å². The van der Waals surface area contributed by atoms with Crippen LogP contribution in [-0.4, -0.2) is 46.0 Å². The zero-order valence-corrected chi connectivity index (χ0v) is 29.8. The molecule has 1 aromatic heterocycles. The van der Waals surface area contributed by atoms with Gasteiger partial charge in [0.2, 0.25) is 0 Å². The van der Waals surface area contributed by atoms with Crippen molar-refractivity contribution in [2.45, 2.75) is 0 Å². The van der Waals surface area contributed by atoms with Crippen molar-refractivity contribution in [2.24, 2.45) is 0 Å². The molecule has 0 spiro atoms. The Labute approximate surface area is 307 Å². The van der Waals surface area contributed by atoms with Gasteiger partial charge in [0.15, 0.2) is 0 Å². The van der Waals surface area contributed by atoms with Crippen LogP contribution in [0, 0.1) is 0 Å². The molecule has 0 bridgehead atoms. The molecule has 0 aliphatic heterocycles. The summed E-state index contributed by atoms with van der Waals surface area (Å²) in [6.45, 7) is 0. The van der Waals surface area contributed by atoms with Gasteiger partial charge in [-0.25, -0.2) is 4.98 Å². The van der Waals surface area contributed by atoms with Gasteiger partial charge in [-0.2, -0.15) is 0 Å². The molecule has 1 N–H and O–H groups in total. The molecule has 242 valence electrons. The molecule has 0 aliphatic rings. The summed E-state index contributed by atoms with van der Waals surface area (Å²) in [7, 11) is 8.39. The third-order valence-corrected chi connectivity index (χ3v) is 11.0. The molecule has 0 aliphatic carbocycles. The molecular formula is C45H34B4N2O. The lowest BCUT2D eigenvalue weighted by atomic mass is 9.64. The fourth-order valence-corrected chi connectivity index (χ4v) is 8.05. The number of nitrogens with zero attached hydrogens (tertiary/aromatic N) is 2. The molecule has 52 heavy (non-hydrogen) atoms. The summed E-state index contributed by atoms with van der Waals surface area (Å²) in [5.74, 6) is 1.27. The van der Waals surface area contributed by atoms with Gasteiger partial charge in [0.25, 0.3) is 0 Å². The zero-order chi connectivity index (χ0) is 35.5. The first-order valence-corrected chi connectivity index (χ1v) is 17.9. The fraction of sp³-hybridized carbons (Fsp3) is 0. The summed E-state index contributed by atoms with van der Waals surface area (Å²) in [5.41, 5.74) is 15.2. The van der Waals surface area contributed by atoms with Crippen molar-refractivity contribution >= 4 is 85.8 Å². The first-order valence-electron chi connectivity index (χ1n) is 17.9. The highest BCUT2D eigenvalue weighted by atomic mass is 16.3. The Morgan fingerprint density at radius 1 is 0.423 bits per heavy atom. The normalized spacial score (nSPS) is 11.5. The molecular weight excluding hydrogens is 628 g/mol. The van der Waals surface area contributed by atoms with E-state index in [1.807, 2.05) is 20.0 Å². The number of aromatic hydroxyl groups is 1. The smallest absolute Gasteiger partial charge is 0.145 e. The molecule has 3 nitrogen and oxygen atoms in total. The lowest BCUT2D eigenvalue weighted by Crippen LogP contribution is -2.48. The van der Waals surface area contributed by atoms with E-state index in [0.29, 0.717) is 5.75 Å². The number of imidazole rings is 1. The summed E-state index contributed by atoms with van der Waals surface area (Å²) >= 11 is 0. The number of fused-ring (bicyclic) bond motifs is 3. The van der Waals surface area contributed by atoms with Crippen LogP contribution in [-0.2, 0) is 0 Å². The predicted molar refractivity (Wildman–Crippen MR) is 232 cm³/mol. The monoisotopic (exact) mass is 662 g/mol. The van der Waals surface area contributed by atoms with Gasteiger partial charge in [0.1, 0.15) is 43.0 Å². The molecule has 0 saturated carbocycles. The molecule has 0 fully saturated rings. The van der Waals surface area contributed by atoms with Crippen molar-refractivity contribution in [1.29, 1.82) is 0 Å². The van der Waals surface area contributed by atoms with Crippen molar-refractivity contribution in [3.63, 3.8) is 0 Å². The molecule has 1 heterocycles. The van der Waals surface area contributed by atoms with E-state index in [1.54, 1.807) is 0 Å². The maximum Gasteiger partial charge on any atom is 0.145 e. The Balaban J connectivity index is 1.29. The third kappa shape index (κ3) is 4.99. The first-order chi connectivity index (χ1) is 25.4. The number of benzene rings is 8. The SMILES string of the molecule is Bc1c(B)c(B)c(-c2ccc3c(-c4ccc(-c5nc6ccccc6n5-c5ccccc5)cc4)c4ccccc4c(-c4ccccc4)c3c2)c(O)c1B. The second-order valence-corrected chi connectivity index (χ2v) is 13.8. The Kier molecular flexibility index (Phi) is 7.66. The number of rotatable bonds is 5. The number of hydrogen-bond acceptors (Lipinski definition) is 2. The maximum atomic E-state index is 11.6. The molecule has 0 atom stereocenters. The van der Waals surface area contributed by atoms with Crippen LogP contribution in [0.3, 0.4) is 0 Å². The largest absolute Gasteiger partial charge is 0.508 e. The minimum Gasteiger partial charge on any atom is -0.508 e. The summed E-state index contributed by atoms with van der Waals surface area (Å²) in [6.07, 6.45) is 0. The fourth-order valence-electron chi connectivity index (χ4n) is 8.05. The number of hydrogen-bond donors (Lipinski definition) is 1. The molecule has 7 heteroatoms. The lowest BCUT2D eigenvalue weighted by molar-refractivity contribution is 0.482. The van der Waals surface area contributed by atoms with E-state index in [1.165, 1.54) is 38.3 Å². The quantitative estimate of drug-likeness (QED) is 0.214. The van der Waals surface area contributed by atoms with Gasteiger partial charge in [-0.15, -0.1) is 5.46 Å². The highest BCUT2D eigenvalue weighted by Gasteiger charge is 2.21. The average Bonchev–Trinajstić information content (AvgIpc) is 3.59. The van der Waals surface area contributed by atoms with Gasteiger partial charge < -0.3 is 5.11 Å². The second kappa shape index (κ2) is 12.5. The van der Waals surface area contributed by atoms with Gasteiger partial charge in [-0.3, -0.25) is 4.57 Å². The van der Waals surface area contributed by atoms with E-state index in [4.69, 9.17) is 4.98 Å². The number of para-hydroxylation sites is 3. The van der Waals surface area contributed by atoms with Crippen LogP contribution >= 0.6 is 0 Å². The van der Waals surface area contributed by atoms with E-state index in [9.17, 15) is 5.11 Å². The topological polar surface area (TPSA) is 38.0 Å². The van der Waals surface area contributed by atoms with E-state index in [-0.39, 0.29) is 0 Å². The third-order valence-electron chi connectivity index (χ3n) is 11.0. The van der Waals surface area contributed by atoms with Crippen LogP contribution in [0.4, 0.5) is 0 Å². The predicted octanol–water partition coefficient (Wildman–Crippen LogP) is 4.74. The van der Waals surface area contributed by atoms with E-state index in [0.717, 1.165) is 66.6 Å². The van der Waals surface area contributed by atoms with Gasteiger partial charge in [0, 0.05) is 16.8 Å². The van der Waals surface area contributed by atoms with Crippen molar-refractivity contribution in [2.75, 3.05) is 0 Å². The van der Waals surface area contributed by atoms with E-state index in [2.05, 4.69) is 168 Å². The van der Waals surface area contributed by atoms with Crippen LogP contribution in [0.1, 0.15) is 0 Å². The molecule has 9 rings (SSSR count). The van der Waals surface area contributed by atoms with Crippen LogP contribution in [0.2, 0.25) is 0 Å². The molecule has 0 amide bonds. The molecule has 0 radical (unpaired) electrons.